The lowest BCUT2D eigenvalue weighted by Gasteiger charge is -2.33. The molecule has 1 amide bonds. The number of carbonyl (C=O) groups excluding carboxylic acids is 1. The predicted molar refractivity (Wildman–Crippen MR) is 93.8 cm³/mol. The van der Waals surface area contributed by atoms with Gasteiger partial charge >= 0.3 is 6.18 Å². The fourth-order valence-corrected chi connectivity index (χ4v) is 5.46. The summed E-state index contributed by atoms with van der Waals surface area (Å²) in [7, 11) is -4.33. The van der Waals surface area contributed by atoms with Gasteiger partial charge in [0.2, 0.25) is 15.9 Å². The van der Waals surface area contributed by atoms with E-state index in [9.17, 15) is 26.4 Å². The van der Waals surface area contributed by atoms with E-state index in [1.807, 2.05) is 0 Å². The molecule has 150 valence electrons. The molecule has 27 heavy (non-hydrogen) atoms. The van der Waals surface area contributed by atoms with Gasteiger partial charge in [-0.2, -0.15) is 17.5 Å². The third-order valence-corrected chi connectivity index (χ3v) is 7.28. The van der Waals surface area contributed by atoms with Crippen LogP contribution in [0.3, 0.4) is 0 Å². The maximum Gasteiger partial charge on any atom is 0.417 e. The first-order chi connectivity index (χ1) is 12.6. The Hall–Kier alpha value is -1.32. The summed E-state index contributed by atoms with van der Waals surface area (Å²) in [6.45, 7) is 1.48. The van der Waals surface area contributed by atoms with E-state index in [4.69, 9.17) is 11.6 Å². The minimum Gasteiger partial charge on any atom is -0.342 e. The lowest BCUT2D eigenvalue weighted by atomic mass is 9.97. The third kappa shape index (κ3) is 4.25. The van der Waals surface area contributed by atoms with Crippen molar-refractivity contribution in [3.63, 3.8) is 0 Å². The van der Waals surface area contributed by atoms with Crippen molar-refractivity contribution in [2.75, 3.05) is 26.2 Å². The Balaban J connectivity index is 1.77. The van der Waals surface area contributed by atoms with Gasteiger partial charge in [0.15, 0.2) is 0 Å². The average molecular weight is 425 g/mol. The van der Waals surface area contributed by atoms with Crippen LogP contribution >= 0.6 is 11.6 Å². The Bertz CT molecular complexity index is 815. The lowest BCUT2D eigenvalue weighted by molar-refractivity contribution is -0.140. The number of carbonyl (C=O) groups is 1. The van der Waals surface area contributed by atoms with Crippen molar-refractivity contribution in [1.29, 1.82) is 0 Å². The van der Waals surface area contributed by atoms with Gasteiger partial charge in [0.05, 0.1) is 10.5 Å². The molecule has 0 bridgehead atoms. The predicted octanol–water partition coefficient (Wildman–Crippen LogP) is 3.38. The normalized spacial score (nSPS) is 20.2. The maximum absolute atomic E-state index is 13.3. The largest absolute Gasteiger partial charge is 0.417 e. The van der Waals surface area contributed by atoms with Crippen LogP contribution in [0.15, 0.2) is 23.1 Å². The van der Waals surface area contributed by atoms with Gasteiger partial charge in [0.25, 0.3) is 0 Å². The van der Waals surface area contributed by atoms with Crippen LogP contribution in [0.4, 0.5) is 13.2 Å². The molecule has 1 aromatic carbocycles. The molecule has 0 N–H and O–H groups in total. The Morgan fingerprint density at radius 1 is 1.07 bits per heavy atom. The summed E-state index contributed by atoms with van der Waals surface area (Å²) in [6, 6.07) is 2.65. The molecule has 0 unspecified atom stereocenters. The van der Waals surface area contributed by atoms with E-state index < -0.39 is 26.7 Å². The number of hydrogen-bond acceptors (Lipinski definition) is 3. The number of sulfonamides is 1. The van der Waals surface area contributed by atoms with Crippen LogP contribution in [-0.2, 0) is 21.0 Å². The molecule has 10 heteroatoms. The van der Waals surface area contributed by atoms with Crippen LogP contribution in [0.2, 0.25) is 5.02 Å². The van der Waals surface area contributed by atoms with Crippen molar-refractivity contribution in [2.45, 2.75) is 36.8 Å². The van der Waals surface area contributed by atoms with Gasteiger partial charge in [0.1, 0.15) is 0 Å². The molecule has 2 heterocycles. The topological polar surface area (TPSA) is 57.7 Å². The van der Waals surface area contributed by atoms with Crippen molar-refractivity contribution in [1.82, 2.24) is 9.21 Å². The van der Waals surface area contributed by atoms with Gasteiger partial charge in [-0.25, -0.2) is 8.42 Å². The lowest BCUT2D eigenvalue weighted by Crippen LogP contribution is -2.44. The van der Waals surface area contributed by atoms with E-state index in [0.717, 1.165) is 42.4 Å². The Morgan fingerprint density at radius 2 is 1.67 bits per heavy atom. The van der Waals surface area contributed by atoms with Gasteiger partial charge in [-0.1, -0.05) is 11.6 Å². The second kappa shape index (κ2) is 7.60. The van der Waals surface area contributed by atoms with E-state index in [2.05, 4.69) is 0 Å². The van der Waals surface area contributed by atoms with E-state index >= 15 is 0 Å². The smallest absolute Gasteiger partial charge is 0.342 e. The molecule has 0 radical (unpaired) electrons. The van der Waals surface area contributed by atoms with Crippen LogP contribution in [-0.4, -0.2) is 49.7 Å². The molecule has 0 aliphatic carbocycles. The Labute approximate surface area is 161 Å². The van der Waals surface area contributed by atoms with Crippen LogP contribution < -0.4 is 0 Å². The third-order valence-electron chi connectivity index (χ3n) is 5.09. The first-order valence-electron chi connectivity index (χ1n) is 8.76. The molecule has 1 aromatic rings. The summed E-state index contributed by atoms with van der Waals surface area (Å²) in [5.41, 5.74) is -1.27. The molecule has 0 atom stereocenters. The number of halogens is 4. The van der Waals surface area contributed by atoms with Gasteiger partial charge < -0.3 is 4.90 Å². The Morgan fingerprint density at radius 3 is 2.22 bits per heavy atom. The van der Waals surface area contributed by atoms with Crippen LogP contribution in [0.1, 0.15) is 31.2 Å². The second-order valence-corrected chi connectivity index (χ2v) is 9.19. The number of likely N-dealkylation sites (tertiary alicyclic amines) is 1. The summed E-state index contributed by atoms with van der Waals surface area (Å²) < 4.78 is 66.4. The summed E-state index contributed by atoms with van der Waals surface area (Å²) in [6.07, 6.45) is -2.28. The molecule has 2 fully saturated rings. The van der Waals surface area contributed by atoms with E-state index in [-0.39, 0.29) is 29.9 Å². The number of amides is 1. The number of alkyl halides is 3. The van der Waals surface area contributed by atoms with E-state index in [1.54, 1.807) is 4.90 Å². The van der Waals surface area contributed by atoms with Crippen molar-refractivity contribution in [3.05, 3.63) is 28.8 Å². The summed E-state index contributed by atoms with van der Waals surface area (Å²) >= 11 is 5.62. The molecule has 3 rings (SSSR count). The number of rotatable bonds is 3. The van der Waals surface area contributed by atoms with Gasteiger partial charge in [-0.05, 0) is 43.9 Å². The number of hydrogen-bond donors (Lipinski definition) is 0. The fourth-order valence-electron chi connectivity index (χ4n) is 3.63. The summed E-state index contributed by atoms with van der Waals surface area (Å²) in [4.78, 5) is 13.4. The van der Waals surface area contributed by atoms with Crippen LogP contribution in [0.5, 0.6) is 0 Å². The van der Waals surface area contributed by atoms with E-state index in [1.165, 1.54) is 0 Å². The van der Waals surface area contributed by atoms with Crippen molar-refractivity contribution in [3.8, 4) is 0 Å². The zero-order valence-electron chi connectivity index (χ0n) is 14.5. The number of benzene rings is 1. The van der Waals surface area contributed by atoms with Gasteiger partial charge in [0, 0.05) is 37.1 Å². The highest BCUT2D eigenvalue weighted by molar-refractivity contribution is 7.89. The Kier molecular flexibility index (Phi) is 5.74. The van der Waals surface area contributed by atoms with Gasteiger partial charge in [-0.3, -0.25) is 4.79 Å². The molecule has 2 saturated heterocycles. The maximum atomic E-state index is 13.3. The molecule has 0 spiro atoms. The highest BCUT2D eigenvalue weighted by atomic mass is 35.5. The molecule has 2 aliphatic heterocycles. The fraction of sp³-hybridized carbons (Fsp3) is 0.588. The molecule has 0 saturated carbocycles. The molecular formula is C17H20ClF3N2O3S. The quantitative estimate of drug-likeness (QED) is 0.747. The van der Waals surface area contributed by atoms with E-state index in [0.29, 0.717) is 18.9 Å². The molecule has 5 nitrogen and oxygen atoms in total. The summed E-state index contributed by atoms with van der Waals surface area (Å²) in [5.74, 6) is -0.256. The highest BCUT2D eigenvalue weighted by Gasteiger charge is 2.41. The molecule has 0 aromatic heterocycles. The average Bonchev–Trinajstić information content (AvgIpc) is 3.15. The molecule has 2 aliphatic rings. The first-order valence-corrected chi connectivity index (χ1v) is 10.6. The number of nitrogens with zero attached hydrogens (tertiary/aromatic N) is 2. The zero-order chi connectivity index (χ0) is 19.8. The van der Waals surface area contributed by atoms with Crippen molar-refractivity contribution in [2.24, 2.45) is 5.92 Å². The minimum absolute atomic E-state index is 0.0203. The highest BCUT2D eigenvalue weighted by Crippen LogP contribution is 2.37. The monoisotopic (exact) mass is 424 g/mol. The van der Waals surface area contributed by atoms with Crippen molar-refractivity contribution >= 4 is 27.5 Å². The van der Waals surface area contributed by atoms with Crippen LogP contribution in [0, 0.1) is 5.92 Å². The number of piperidine rings is 1. The second-order valence-electron chi connectivity index (χ2n) is 6.85. The van der Waals surface area contributed by atoms with Gasteiger partial charge in [-0.15, -0.1) is 0 Å². The van der Waals surface area contributed by atoms with Crippen LogP contribution in [0.25, 0.3) is 0 Å². The molecular weight excluding hydrogens is 405 g/mol. The zero-order valence-corrected chi connectivity index (χ0v) is 16.1. The first kappa shape index (κ1) is 20.4. The van der Waals surface area contributed by atoms with Crippen molar-refractivity contribution < 1.29 is 26.4 Å². The SMILES string of the molecule is O=C(C1CCN(S(=O)(=O)c2ccc(Cl)cc2C(F)(F)F)CC1)N1CCCC1. The summed E-state index contributed by atoms with van der Waals surface area (Å²) in [5, 5.41) is -0.184. The minimum atomic E-state index is -4.84. The standard InChI is InChI=1S/C17H20ClF3N2O3S/c18-13-3-4-15(14(11-13)17(19,20)21)27(25,26)23-9-5-12(6-10-23)16(24)22-7-1-2-8-22/h3-4,11-12H,1-2,5-10H2.